The predicted molar refractivity (Wildman–Crippen MR) is 131 cm³/mol. The maximum Gasteiger partial charge on any atom is 0.0670 e. The monoisotopic (exact) mass is 411 g/mol. The molecule has 3 rings (SSSR count). The molecule has 0 spiro atoms. The molecule has 0 radical (unpaired) electrons. The molecule has 0 aliphatic rings. The van der Waals surface area contributed by atoms with Crippen molar-refractivity contribution in [2.75, 3.05) is 4.90 Å². The molecule has 0 saturated carbocycles. The van der Waals surface area contributed by atoms with E-state index in [1.807, 2.05) is 32.0 Å². The van der Waals surface area contributed by atoms with E-state index < -0.39 is 5.54 Å². The normalized spacial score (nSPS) is 11.8. The van der Waals surface area contributed by atoms with Crippen LogP contribution in [0, 0.1) is 11.3 Å². The summed E-state index contributed by atoms with van der Waals surface area (Å²) in [4.78, 5) is 2.22. The molecule has 0 aromatic heterocycles. The van der Waals surface area contributed by atoms with Crippen molar-refractivity contribution in [3.63, 3.8) is 0 Å². The Morgan fingerprint density at radius 2 is 1.32 bits per heavy atom. The highest BCUT2D eigenvalue weighted by atomic mass is 15.1. The van der Waals surface area contributed by atoms with Crippen molar-refractivity contribution in [2.24, 2.45) is 5.73 Å². The Morgan fingerprint density at radius 3 is 1.81 bits per heavy atom. The summed E-state index contributed by atoms with van der Waals surface area (Å²) in [5, 5.41) is 9.36. The van der Waals surface area contributed by atoms with E-state index in [9.17, 15) is 5.26 Å². The van der Waals surface area contributed by atoms with Gasteiger partial charge in [0.2, 0.25) is 0 Å². The van der Waals surface area contributed by atoms with Crippen LogP contribution in [-0.4, -0.2) is 0 Å². The molecule has 0 atom stereocenters. The van der Waals surface area contributed by atoms with Crippen LogP contribution in [0.25, 0.3) is 0 Å². The Bertz CT molecular complexity index is 1050. The van der Waals surface area contributed by atoms with Gasteiger partial charge >= 0.3 is 0 Å². The van der Waals surface area contributed by atoms with E-state index >= 15 is 0 Å². The van der Waals surface area contributed by atoms with Crippen molar-refractivity contribution in [2.45, 2.75) is 58.4 Å². The van der Waals surface area contributed by atoms with E-state index in [2.05, 4.69) is 86.3 Å². The molecule has 0 aliphatic carbocycles. The maximum atomic E-state index is 9.36. The topological polar surface area (TPSA) is 53.0 Å². The maximum absolute atomic E-state index is 9.36. The van der Waals surface area contributed by atoms with Crippen LogP contribution in [0.2, 0.25) is 0 Å². The lowest BCUT2D eigenvalue weighted by molar-refractivity contribution is 0.506. The Morgan fingerprint density at radius 1 is 0.806 bits per heavy atom. The number of hydrogen-bond acceptors (Lipinski definition) is 3. The van der Waals surface area contributed by atoms with Gasteiger partial charge < -0.3 is 10.6 Å². The Hall–Kier alpha value is -3.09. The minimum atomic E-state index is -0.393. The molecule has 3 nitrogen and oxygen atoms in total. The quantitative estimate of drug-likeness (QED) is 0.451. The Labute approximate surface area is 187 Å². The van der Waals surface area contributed by atoms with Crippen molar-refractivity contribution in [3.8, 4) is 6.07 Å². The summed E-state index contributed by atoms with van der Waals surface area (Å²) in [5.74, 6) is 0. The van der Waals surface area contributed by atoms with Crippen LogP contribution in [0.15, 0.2) is 72.8 Å². The fourth-order valence-corrected chi connectivity index (χ4v) is 3.70. The summed E-state index contributed by atoms with van der Waals surface area (Å²) in [5.41, 5.74) is 12.6. The molecule has 31 heavy (non-hydrogen) atoms. The first-order chi connectivity index (χ1) is 14.7. The lowest BCUT2D eigenvalue weighted by atomic mass is 9.82. The largest absolute Gasteiger partial charge is 0.322 e. The third kappa shape index (κ3) is 4.98. The molecule has 0 saturated heterocycles. The summed E-state index contributed by atoms with van der Waals surface area (Å²) < 4.78 is 0. The Balaban J connectivity index is 2.13. The predicted octanol–water partition coefficient (Wildman–Crippen LogP) is 7.10. The van der Waals surface area contributed by atoms with Crippen LogP contribution in [0.3, 0.4) is 0 Å². The highest BCUT2D eigenvalue weighted by Crippen LogP contribution is 2.38. The number of nitriles is 1. The molecule has 3 aromatic carbocycles. The fourth-order valence-electron chi connectivity index (χ4n) is 3.70. The van der Waals surface area contributed by atoms with Gasteiger partial charge in [-0.2, -0.15) is 5.26 Å². The van der Waals surface area contributed by atoms with E-state index in [0.717, 1.165) is 34.6 Å². The van der Waals surface area contributed by atoms with Gasteiger partial charge in [-0.1, -0.05) is 63.2 Å². The average Bonchev–Trinajstić information content (AvgIpc) is 2.75. The summed E-state index contributed by atoms with van der Waals surface area (Å²) in [7, 11) is 0. The second-order valence-electron chi connectivity index (χ2n) is 9.35. The Kier molecular flexibility index (Phi) is 6.53. The lowest BCUT2D eigenvalue weighted by Crippen LogP contribution is -2.28. The van der Waals surface area contributed by atoms with Crippen molar-refractivity contribution in [3.05, 3.63) is 89.5 Å². The number of anilines is 3. The number of rotatable bonds is 7. The van der Waals surface area contributed by atoms with E-state index in [1.54, 1.807) is 0 Å². The van der Waals surface area contributed by atoms with E-state index in [4.69, 9.17) is 5.73 Å². The zero-order chi connectivity index (χ0) is 22.6. The number of nitrogens with zero attached hydrogens (tertiary/aromatic N) is 2. The van der Waals surface area contributed by atoms with Crippen LogP contribution in [-0.2, 0) is 17.4 Å². The highest BCUT2D eigenvalue weighted by Gasteiger charge is 2.21. The third-order valence-electron chi connectivity index (χ3n) is 6.16. The van der Waals surface area contributed by atoms with Crippen molar-refractivity contribution in [1.29, 1.82) is 5.26 Å². The van der Waals surface area contributed by atoms with Crippen molar-refractivity contribution in [1.82, 2.24) is 0 Å². The van der Waals surface area contributed by atoms with Gasteiger partial charge in [-0.25, -0.2) is 0 Å². The molecule has 0 unspecified atom stereocenters. The average molecular weight is 412 g/mol. The SMILES string of the molecule is CCC(C)(C)c1ccc(N(c2ccc(C(C)(C)N)cc2)c2ccccc2CC#N)cc1. The van der Waals surface area contributed by atoms with Gasteiger partial charge in [-0.3, -0.25) is 0 Å². The third-order valence-corrected chi connectivity index (χ3v) is 6.16. The second-order valence-corrected chi connectivity index (χ2v) is 9.35. The van der Waals surface area contributed by atoms with Gasteiger partial charge in [-0.05, 0) is 72.7 Å². The summed E-state index contributed by atoms with van der Waals surface area (Å²) in [6, 6.07) is 27.6. The highest BCUT2D eigenvalue weighted by molar-refractivity contribution is 5.78. The first kappa shape index (κ1) is 22.6. The van der Waals surface area contributed by atoms with Gasteiger partial charge in [0.15, 0.2) is 0 Å². The second kappa shape index (κ2) is 8.96. The lowest BCUT2D eigenvalue weighted by Gasteiger charge is -2.29. The van der Waals surface area contributed by atoms with Gasteiger partial charge in [0.1, 0.15) is 0 Å². The zero-order valence-corrected chi connectivity index (χ0v) is 19.3. The fraction of sp³-hybridized carbons (Fsp3) is 0.321. The minimum Gasteiger partial charge on any atom is -0.322 e. The van der Waals surface area contributed by atoms with Gasteiger partial charge in [-0.15, -0.1) is 0 Å². The summed E-state index contributed by atoms with van der Waals surface area (Å²) >= 11 is 0. The molecule has 3 heteroatoms. The summed E-state index contributed by atoms with van der Waals surface area (Å²) in [6.45, 7) is 10.8. The van der Waals surface area contributed by atoms with Crippen LogP contribution >= 0.6 is 0 Å². The van der Waals surface area contributed by atoms with E-state index in [-0.39, 0.29) is 5.41 Å². The van der Waals surface area contributed by atoms with Gasteiger partial charge in [0.25, 0.3) is 0 Å². The van der Waals surface area contributed by atoms with Gasteiger partial charge in [0.05, 0.1) is 18.2 Å². The van der Waals surface area contributed by atoms with Crippen LogP contribution in [0.4, 0.5) is 17.1 Å². The van der Waals surface area contributed by atoms with Crippen LogP contribution in [0.1, 0.15) is 57.7 Å². The number of hydrogen-bond donors (Lipinski definition) is 1. The molecule has 0 amide bonds. The number of para-hydroxylation sites is 1. The number of nitrogens with two attached hydrogens (primary N) is 1. The molecule has 0 bridgehead atoms. The molecule has 0 heterocycles. The molecular formula is C28H33N3. The van der Waals surface area contributed by atoms with Crippen molar-refractivity contribution >= 4 is 17.1 Å². The number of benzene rings is 3. The van der Waals surface area contributed by atoms with Crippen LogP contribution in [0.5, 0.6) is 0 Å². The van der Waals surface area contributed by atoms with Crippen molar-refractivity contribution < 1.29 is 0 Å². The van der Waals surface area contributed by atoms with E-state index in [1.165, 1.54) is 5.56 Å². The molecule has 3 aromatic rings. The van der Waals surface area contributed by atoms with Crippen LogP contribution < -0.4 is 10.6 Å². The minimum absolute atomic E-state index is 0.135. The standard InChI is InChI=1S/C28H33N3/c1-6-27(2,3)22-11-15-24(16-12-22)31(26-10-8-7-9-21(26)19-20-29)25-17-13-23(14-18-25)28(4,5)30/h7-18H,6,19,30H2,1-5H3. The molecule has 160 valence electrons. The van der Waals surface area contributed by atoms with E-state index in [0.29, 0.717) is 6.42 Å². The van der Waals surface area contributed by atoms with Gasteiger partial charge in [0, 0.05) is 16.9 Å². The molecule has 0 aliphatic heterocycles. The molecular weight excluding hydrogens is 378 g/mol. The first-order valence-corrected chi connectivity index (χ1v) is 10.9. The summed E-state index contributed by atoms with van der Waals surface area (Å²) in [6.07, 6.45) is 1.44. The smallest absolute Gasteiger partial charge is 0.0670 e. The first-order valence-electron chi connectivity index (χ1n) is 10.9. The molecule has 0 fully saturated rings. The zero-order valence-electron chi connectivity index (χ0n) is 19.3. The molecule has 2 N–H and O–H groups in total.